The summed E-state index contributed by atoms with van der Waals surface area (Å²) in [7, 11) is 1.99. The molecule has 2 fully saturated rings. The molecule has 0 unspecified atom stereocenters. The van der Waals surface area contributed by atoms with Crippen molar-refractivity contribution in [3.05, 3.63) is 82.4 Å². The van der Waals surface area contributed by atoms with Gasteiger partial charge in [-0.25, -0.2) is 14.2 Å². The van der Waals surface area contributed by atoms with E-state index in [-0.39, 0.29) is 30.1 Å². The van der Waals surface area contributed by atoms with E-state index < -0.39 is 29.2 Å². The summed E-state index contributed by atoms with van der Waals surface area (Å²) in [4.78, 5) is 26.1. The summed E-state index contributed by atoms with van der Waals surface area (Å²) in [5.74, 6) is -0.336. The molecule has 4 heterocycles. The highest BCUT2D eigenvalue weighted by molar-refractivity contribution is 5.89. The lowest BCUT2D eigenvalue weighted by Crippen LogP contribution is -2.44. The minimum Gasteiger partial charge on any atom is -0.453 e. The molecule has 2 aromatic heterocycles. The van der Waals surface area contributed by atoms with E-state index in [1.165, 1.54) is 17.0 Å². The quantitative estimate of drug-likeness (QED) is 0.230. The van der Waals surface area contributed by atoms with Crippen molar-refractivity contribution in [3.8, 4) is 11.5 Å². The van der Waals surface area contributed by atoms with Crippen LogP contribution in [0.4, 0.5) is 28.0 Å². The summed E-state index contributed by atoms with van der Waals surface area (Å²) < 4.78 is 63.1. The molecule has 0 bridgehead atoms. The van der Waals surface area contributed by atoms with Crippen LogP contribution in [0.15, 0.2) is 48.7 Å². The number of rotatable bonds is 6. The third kappa shape index (κ3) is 6.14. The van der Waals surface area contributed by atoms with Gasteiger partial charge in [0.1, 0.15) is 17.0 Å². The summed E-state index contributed by atoms with van der Waals surface area (Å²) in [6.07, 6.45) is -1.75. The topological polar surface area (TPSA) is 97.0 Å². The first-order valence-electron chi connectivity index (χ1n) is 15.3. The van der Waals surface area contributed by atoms with E-state index in [1.54, 1.807) is 18.2 Å². The van der Waals surface area contributed by atoms with E-state index in [9.17, 15) is 27.5 Å². The SMILES string of the molecule is CN1CCN(Cc2ccc(NC(=O)N3CCc4ccc(Oc5c(F)cnc6[nH]c(C7(O)CC7)cc56)cc4C3)cc2C(F)(F)F)CC1. The van der Waals surface area contributed by atoms with E-state index in [1.807, 2.05) is 18.0 Å². The van der Waals surface area contributed by atoms with Crippen LogP contribution >= 0.6 is 0 Å². The Morgan fingerprint density at radius 2 is 1.85 bits per heavy atom. The molecule has 9 nitrogen and oxygen atoms in total. The standard InChI is InChI=1S/C33H34F4N6O3/c1-41-10-12-42(13-11-41)18-21-2-4-23(15-26(21)33(35,36)37)39-31(44)43-9-6-20-3-5-24(14-22(20)19-43)46-29-25-16-28(32(45)7-8-32)40-30(25)38-17-27(29)34/h2-5,14-17,45H,6-13,18-19H2,1H3,(H,38,40)(H,39,44). The van der Waals surface area contributed by atoms with Crippen LogP contribution in [-0.2, 0) is 31.3 Å². The van der Waals surface area contributed by atoms with Gasteiger partial charge in [-0.1, -0.05) is 12.1 Å². The molecule has 242 valence electrons. The molecule has 2 aliphatic heterocycles. The van der Waals surface area contributed by atoms with E-state index in [0.717, 1.165) is 36.5 Å². The third-order valence-corrected chi connectivity index (χ3v) is 9.14. The highest BCUT2D eigenvalue weighted by Crippen LogP contribution is 2.46. The molecule has 7 rings (SSSR count). The molecule has 0 atom stereocenters. The van der Waals surface area contributed by atoms with Gasteiger partial charge in [-0.15, -0.1) is 0 Å². The summed E-state index contributed by atoms with van der Waals surface area (Å²) in [6, 6.07) is 10.4. The fourth-order valence-corrected chi connectivity index (χ4v) is 6.16. The number of amides is 2. The molecule has 3 aliphatic rings. The smallest absolute Gasteiger partial charge is 0.416 e. The van der Waals surface area contributed by atoms with Crippen LogP contribution in [0.2, 0.25) is 0 Å². The number of hydrogen-bond acceptors (Lipinski definition) is 6. The van der Waals surface area contributed by atoms with Gasteiger partial charge in [-0.3, -0.25) is 4.90 Å². The number of aromatic amines is 1. The average Bonchev–Trinajstić information content (AvgIpc) is 3.62. The molecule has 1 aliphatic carbocycles. The van der Waals surface area contributed by atoms with E-state index in [2.05, 4.69) is 20.2 Å². The molecule has 4 aromatic rings. The van der Waals surface area contributed by atoms with Crippen molar-refractivity contribution in [1.82, 2.24) is 24.7 Å². The zero-order chi connectivity index (χ0) is 32.2. The number of urea groups is 1. The van der Waals surface area contributed by atoms with Crippen molar-refractivity contribution < 1.29 is 32.2 Å². The number of H-pyrrole nitrogens is 1. The second kappa shape index (κ2) is 11.6. The number of halogens is 4. The summed E-state index contributed by atoms with van der Waals surface area (Å²) in [5, 5.41) is 13.5. The molecule has 2 amide bonds. The Bertz CT molecular complexity index is 1800. The van der Waals surface area contributed by atoms with Crippen LogP contribution in [0, 0.1) is 5.82 Å². The van der Waals surface area contributed by atoms with Crippen LogP contribution in [-0.4, -0.2) is 75.6 Å². The molecular formula is C33H34F4N6O3. The number of anilines is 1. The van der Waals surface area contributed by atoms with Crippen LogP contribution in [0.1, 0.15) is 40.8 Å². The van der Waals surface area contributed by atoms with E-state index in [4.69, 9.17) is 4.74 Å². The van der Waals surface area contributed by atoms with Crippen LogP contribution in [0.5, 0.6) is 11.5 Å². The minimum absolute atomic E-state index is 0.0290. The number of aliphatic hydroxyl groups is 1. The number of aromatic nitrogens is 2. The number of pyridine rings is 1. The number of piperazine rings is 1. The van der Waals surface area contributed by atoms with Gasteiger partial charge >= 0.3 is 12.2 Å². The Labute approximate surface area is 262 Å². The summed E-state index contributed by atoms with van der Waals surface area (Å²) in [5.41, 5.74) is 1.27. The maximum Gasteiger partial charge on any atom is 0.416 e. The largest absolute Gasteiger partial charge is 0.453 e. The number of nitrogens with one attached hydrogen (secondary N) is 2. The van der Waals surface area contributed by atoms with Gasteiger partial charge in [0.05, 0.1) is 17.1 Å². The van der Waals surface area contributed by atoms with E-state index >= 15 is 0 Å². The Kier molecular flexibility index (Phi) is 7.65. The second-order valence-electron chi connectivity index (χ2n) is 12.5. The maximum atomic E-state index is 14.9. The van der Waals surface area contributed by atoms with Crippen molar-refractivity contribution in [2.24, 2.45) is 0 Å². The first kappa shape index (κ1) is 30.5. The zero-order valence-corrected chi connectivity index (χ0v) is 25.3. The van der Waals surface area contributed by atoms with Gasteiger partial charge in [-0.05, 0) is 73.3 Å². The number of nitrogens with zero attached hydrogens (tertiary/aromatic N) is 4. The van der Waals surface area contributed by atoms with E-state index in [0.29, 0.717) is 61.4 Å². The predicted octanol–water partition coefficient (Wildman–Crippen LogP) is 5.83. The lowest BCUT2D eigenvalue weighted by molar-refractivity contribution is -0.138. The average molecular weight is 639 g/mol. The first-order chi connectivity index (χ1) is 21.9. The molecule has 0 radical (unpaired) electrons. The molecule has 2 aromatic carbocycles. The van der Waals surface area contributed by atoms with Crippen molar-refractivity contribution in [2.45, 2.75) is 44.1 Å². The number of likely N-dealkylation sites (N-methyl/N-ethyl adjacent to an activating group) is 1. The highest BCUT2D eigenvalue weighted by Gasteiger charge is 2.44. The van der Waals surface area contributed by atoms with Gasteiger partial charge in [0.25, 0.3) is 0 Å². The fourth-order valence-electron chi connectivity index (χ4n) is 6.16. The molecule has 46 heavy (non-hydrogen) atoms. The lowest BCUT2D eigenvalue weighted by Gasteiger charge is -2.33. The summed E-state index contributed by atoms with van der Waals surface area (Å²) in [6.45, 7) is 3.73. The number of carbonyl (C=O) groups is 1. The second-order valence-corrected chi connectivity index (χ2v) is 12.5. The lowest BCUT2D eigenvalue weighted by atomic mass is 9.99. The third-order valence-electron chi connectivity index (χ3n) is 9.14. The number of alkyl halides is 3. The Hall–Kier alpha value is -4.20. The Morgan fingerprint density at radius 3 is 2.59 bits per heavy atom. The van der Waals surface area contributed by atoms with Gasteiger partial charge in [0.2, 0.25) is 0 Å². The molecule has 13 heteroatoms. The zero-order valence-electron chi connectivity index (χ0n) is 25.3. The molecule has 1 saturated heterocycles. The fraction of sp³-hybridized carbons (Fsp3) is 0.394. The van der Waals surface area contributed by atoms with Crippen molar-refractivity contribution in [2.75, 3.05) is 45.1 Å². The number of fused-ring (bicyclic) bond motifs is 2. The molecule has 3 N–H and O–H groups in total. The predicted molar refractivity (Wildman–Crippen MR) is 163 cm³/mol. The van der Waals surface area contributed by atoms with Gasteiger partial charge < -0.3 is 29.9 Å². The number of benzene rings is 2. The normalized spacial score (nSPS) is 18.4. The summed E-state index contributed by atoms with van der Waals surface area (Å²) >= 11 is 0. The highest BCUT2D eigenvalue weighted by atomic mass is 19.4. The van der Waals surface area contributed by atoms with Crippen LogP contribution in [0.25, 0.3) is 11.0 Å². The number of carbonyl (C=O) groups excluding carboxylic acids is 1. The molecule has 0 spiro atoms. The van der Waals surface area contributed by atoms with Crippen LogP contribution < -0.4 is 10.1 Å². The Balaban J connectivity index is 1.06. The number of hydrogen-bond donors (Lipinski definition) is 3. The first-order valence-corrected chi connectivity index (χ1v) is 15.3. The number of ether oxygens (including phenoxy) is 1. The van der Waals surface area contributed by atoms with Gasteiger partial charge in [-0.2, -0.15) is 13.2 Å². The van der Waals surface area contributed by atoms with Crippen molar-refractivity contribution >= 4 is 22.8 Å². The maximum absolute atomic E-state index is 14.9. The molecule has 1 saturated carbocycles. The monoisotopic (exact) mass is 638 g/mol. The molecular weight excluding hydrogens is 604 g/mol. The van der Waals surface area contributed by atoms with Gasteiger partial charge in [0, 0.05) is 57.2 Å². The Morgan fingerprint density at radius 1 is 1.07 bits per heavy atom. The van der Waals surface area contributed by atoms with Crippen molar-refractivity contribution in [1.29, 1.82) is 0 Å². The van der Waals surface area contributed by atoms with Crippen LogP contribution in [0.3, 0.4) is 0 Å². The minimum atomic E-state index is -4.57. The van der Waals surface area contributed by atoms with Gasteiger partial charge in [0.15, 0.2) is 11.6 Å². The van der Waals surface area contributed by atoms with Crippen molar-refractivity contribution in [3.63, 3.8) is 0 Å².